The number of aliphatic hydroxyl groups is 1. The first-order valence-electron chi connectivity index (χ1n) is 9.90. The lowest BCUT2D eigenvalue weighted by atomic mass is 10.0. The van der Waals surface area contributed by atoms with E-state index >= 15 is 0 Å². The van der Waals surface area contributed by atoms with Gasteiger partial charge >= 0.3 is 0 Å². The highest BCUT2D eigenvalue weighted by molar-refractivity contribution is 5.90. The number of piperazine rings is 1. The third kappa shape index (κ3) is 4.41. The second-order valence-electron chi connectivity index (χ2n) is 7.52. The second kappa shape index (κ2) is 8.62. The third-order valence-corrected chi connectivity index (χ3v) is 5.46. The molecule has 0 bridgehead atoms. The minimum absolute atomic E-state index is 0.133. The molecular weight excluding hydrogens is 362 g/mol. The fourth-order valence-corrected chi connectivity index (χ4v) is 3.74. The van der Waals surface area contributed by atoms with E-state index in [0.717, 1.165) is 54.9 Å². The summed E-state index contributed by atoms with van der Waals surface area (Å²) in [5, 5.41) is 10.4. The Bertz CT molecular complexity index is 1110. The largest absolute Gasteiger partial charge is 0.384 e. The SMILES string of the molecule is CN1CCN(Cc2ccc(-c3cc4c(C#CCO)cccc4c(=O)[nH]3)cc2)CC1. The summed E-state index contributed by atoms with van der Waals surface area (Å²) in [4.78, 5) is 20.4. The number of rotatable bonds is 3. The van der Waals surface area contributed by atoms with E-state index in [0.29, 0.717) is 5.39 Å². The number of hydrogen-bond acceptors (Lipinski definition) is 4. The Labute approximate surface area is 170 Å². The van der Waals surface area contributed by atoms with Crippen LogP contribution in [0.4, 0.5) is 0 Å². The van der Waals surface area contributed by atoms with Gasteiger partial charge in [0.15, 0.2) is 0 Å². The van der Waals surface area contributed by atoms with E-state index in [1.807, 2.05) is 18.2 Å². The third-order valence-electron chi connectivity index (χ3n) is 5.46. The first-order chi connectivity index (χ1) is 14.1. The van der Waals surface area contributed by atoms with Crippen LogP contribution < -0.4 is 5.56 Å². The van der Waals surface area contributed by atoms with Gasteiger partial charge < -0.3 is 15.0 Å². The molecule has 2 heterocycles. The van der Waals surface area contributed by atoms with Crippen LogP contribution in [0.5, 0.6) is 0 Å². The summed E-state index contributed by atoms with van der Waals surface area (Å²) in [7, 11) is 2.16. The summed E-state index contributed by atoms with van der Waals surface area (Å²) in [6.07, 6.45) is 0. The highest BCUT2D eigenvalue weighted by Crippen LogP contribution is 2.23. The van der Waals surface area contributed by atoms with Crippen LogP contribution in [0.25, 0.3) is 22.0 Å². The molecule has 29 heavy (non-hydrogen) atoms. The highest BCUT2D eigenvalue weighted by atomic mass is 16.2. The molecule has 4 rings (SSSR count). The molecule has 0 amide bonds. The molecular formula is C24H25N3O2. The van der Waals surface area contributed by atoms with Gasteiger partial charge in [-0.3, -0.25) is 9.69 Å². The molecule has 3 aromatic rings. The Morgan fingerprint density at radius 3 is 2.52 bits per heavy atom. The molecule has 0 saturated carbocycles. The Balaban J connectivity index is 1.62. The van der Waals surface area contributed by atoms with Crippen molar-refractivity contribution in [1.29, 1.82) is 0 Å². The molecule has 0 aliphatic carbocycles. The second-order valence-corrected chi connectivity index (χ2v) is 7.52. The fourth-order valence-electron chi connectivity index (χ4n) is 3.74. The van der Waals surface area contributed by atoms with Gasteiger partial charge in [0.05, 0.1) is 0 Å². The van der Waals surface area contributed by atoms with Gasteiger partial charge in [-0.15, -0.1) is 0 Å². The first kappa shape index (κ1) is 19.4. The Morgan fingerprint density at radius 2 is 1.79 bits per heavy atom. The number of nitrogens with one attached hydrogen (secondary N) is 1. The Hall–Kier alpha value is -2.91. The number of fused-ring (bicyclic) bond motifs is 1. The minimum atomic E-state index is -0.207. The van der Waals surface area contributed by atoms with E-state index in [1.54, 1.807) is 6.07 Å². The minimum Gasteiger partial charge on any atom is -0.384 e. The standard InChI is InChI=1S/C24H25N3O2/c1-26-11-13-27(14-12-26)17-18-7-9-20(10-8-18)23-16-22-19(5-3-15-28)4-2-6-21(22)24(29)25-23/h2,4,6-10,16,28H,11-15,17H2,1H3,(H,25,29). The van der Waals surface area contributed by atoms with Crippen LogP contribution in [0.15, 0.2) is 53.3 Å². The van der Waals surface area contributed by atoms with Gasteiger partial charge in [0.25, 0.3) is 5.56 Å². The zero-order valence-electron chi connectivity index (χ0n) is 16.6. The van der Waals surface area contributed by atoms with Gasteiger partial charge in [-0.1, -0.05) is 42.2 Å². The van der Waals surface area contributed by atoms with Gasteiger partial charge in [0.1, 0.15) is 6.61 Å². The fraction of sp³-hybridized carbons (Fsp3) is 0.292. The van der Waals surface area contributed by atoms with Gasteiger partial charge in [-0.25, -0.2) is 0 Å². The Kier molecular flexibility index (Phi) is 5.77. The number of pyridine rings is 1. The topological polar surface area (TPSA) is 59.6 Å². The molecule has 2 N–H and O–H groups in total. The molecule has 0 radical (unpaired) electrons. The molecule has 5 heteroatoms. The number of H-pyrrole nitrogens is 1. The molecule has 1 aliphatic heterocycles. The van der Waals surface area contributed by atoms with E-state index in [2.05, 4.69) is 57.9 Å². The number of likely N-dealkylation sites (N-methyl/N-ethyl adjacent to an activating group) is 1. The average Bonchev–Trinajstić information content (AvgIpc) is 2.74. The van der Waals surface area contributed by atoms with Crippen LogP contribution in [-0.4, -0.2) is 59.7 Å². The van der Waals surface area contributed by atoms with Gasteiger partial charge in [-0.05, 0) is 36.4 Å². The molecule has 5 nitrogen and oxygen atoms in total. The molecule has 1 aliphatic rings. The van der Waals surface area contributed by atoms with E-state index in [1.165, 1.54) is 5.56 Å². The summed E-state index contributed by atoms with van der Waals surface area (Å²) in [6.45, 7) is 5.14. The smallest absolute Gasteiger partial charge is 0.256 e. The van der Waals surface area contributed by atoms with Crippen molar-refractivity contribution in [3.05, 3.63) is 70.0 Å². The summed E-state index contributed by atoms with van der Waals surface area (Å²) < 4.78 is 0. The van der Waals surface area contributed by atoms with E-state index in [9.17, 15) is 4.79 Å². The van der Waals surface area contributed by atoms with Crippen LogP contribution in [0.2, 0.25) is 0 Å². The van der Waals surface area contributed by atoms with Gasteiger partial charge in [-0.2, -0.15) is 0 Å². The maximum atomic E-state index is 12.6. The molecule has 1 aromatic heterocycles. The summed E-state index contributed by atoms with van der Waals surface area (Å²) in [5.74, 6) is 5.61. The molecule has 0 unspecified atom stereocenters. The maximum Gasteiger partial charge on any atom is 0.256 e. The van der Waals surface area contributed by atoms with Gasteiger partial charge in [0.2, 0.25) is 0 Å². The molecule has 148 valence electrons. The van der Waals surface area contributed by atoms with Crippen molar-refractivity contribution in [1.82, 2.24) is 14.8 Å². The molecule has 1 saturated heterocycles. The van der Waals surface area contributed by atoms with Crippen LogP contribution in [-0.2, 0) is 6.54 Å². The number of aliphatic hydroxyl groups excluding tert-OH is 1. The van der Waals surface area contributed by atoms with Crippen LogP contribution in [0.3, 0.4) is 0 Å². The maximum absolute atomic E-state index is 12.6. The summed E-state index contributed by atoms with van der Waals surface area (Å²) in [6, 6.07) is 15.8. The zero-order valence-corrected chi connectivity index (χ0v) is 16.6. The molecule has 0 spiro atoms. The van der Waals surface area contributed by atoms with Crippen LogP contribution >= 0.6 is 0 Å². The quantitative estimate of drug-likeness (QED) is 0.677. The normalized spacial score (nSPS) is 15.2. The lowest BCUT2D eigenvalue weighted by molar-refractivity contribution is 0.148. The first-order valence-corrected chi connectivity index (χ1v) is 9.90. The monoisotopic (exact) mass is 387 g/mol. The van der Waals surface area contributed by atoms with E-state index in [4.69, 9.17) is 5.11 Å². The van der Waals surface area contributed by atoms with Crippen molar-refractivity contribution < 1.29 is 5.11 Å². The van der Waals surface area contributed by atoms with Crippen molar-refractivity contribution in [2.24, 2.45) is 0 Å². The summed E-state index contributed by atoms with van der Waals surface area (Å²) >= 11 is 0. The predicted molar refractivity (Wildman–Crippen MR) is 117 cm³/mol. The van der Waals surface area contributed by atoms with Crippen LogP contribution in [0, 0.1) is 11.8 Å². The molecule has 0 atom stereocenters. The number of aromatic amines is 1. The molecule has 2 aromatic carbocycles. The van der Waals surface area contributed by atoms with E-state index < -0.39 is 0 Å². The number of benzene rings is 2. The highest BCUT2D eigenvalue weighted by Gasteiger charge is 2.14. The van der Waals surface area contributed by atoms with Crippen molar-refractivity contribution >= 4 is 10.8 Å². The predicted octanol–water partition coefficient (Wildman–Crippen LogP) is 2.29. The van der Waals surface area contributed by atoms with Crippen molar-refractivity contribution in [3.8, 4) is 23.1 Å². The van der Waals surface area contributed by atoms with Crippen molar-refractivity contribution in [3.63, 3.8) is 0 Å². The number of hydrogen-bond donors (Lipinski definition) is 2. The number of aromatic nitrogens is 1. The zero-order chi connectivity index (χ0) is 20.2. The summed E-state index contributed by atoms with van der Waals surface area (Å²) in [5.41, 5.74) is 3.63. The van der Waals surface area contributed by atoms with Gasteiger partial charge in [0, 0.05) is 54.8 Å². The lowest BCUT2D eigenvalue weighted by Crippen LogP contribution is -2.43. The van der Waals surface area contributed by atoms with Crippen molar-refractivity contribution in [2.75, 3.05) is 39.8 Å². The number of nitrogens with zero attached hydrogens (tertiary/aromatic N) is 2. The average molecular weight is 387 g/mol. The van der Waals surface area contributed by atoms with E-state index in [-0.39, 0.29) is 12.2 Å². The molecule has 1 fully saturated rings. The van der Waals surface area contributed by atoms with Crippen molar-refractivity contribution in [2.45, 2.75) is 6.54 Å². The lowest BCUT2D eigenvalue weighted by Gasteiger charge is -2.32. The van der Waals surface area contributed by atoms with Crippen LogP contribution in [0.1, 0.15) is 11.1 Å². The Morgan fingerprint density at radius 1 is 1.03 bits per heavy atom.